The van der Waals surface area contributed by atoms with Gasteiger partial charge in [-0.2, -0.15) is 0 Å². The number of ether oxygens (including phenoxy) is 1. The lowest BCUT2D eigenvalue weighted by atomic mass is 10.00. The average Bonchev–Trinajstić information content (AvgIpc) is 2.96. The van der Waals surface area contributed by atoms with E-state index in [1.165, 1.54) is 29.7 Å². The fourth-order valence-electron chi connectivity index (χ4n) is 4.09. The number of nitrogens with zero attached hydrogens (tertiary/aromatic N) is 2. The second-order valence-corrected chi connectivity index (χ2v) is 8.20. The van der Waals surface area contributed by atoms with Gasteiger partial charge in [0, 0.05) is 50.4 Å². The summed E-state index contributed by atoms with van der Waals surface area (Å²) in [6.07, 6.45) is 5.26. The van der Waals surface area contributed by atoms with Crippen molar-refractivity contribution in [3.05, 3.63) is 59.4 Å². The van der Waals surface area contributed by atoms with Crippen LogP contribution in [0.25, 0.3) is 0 Å². The molecule has 2 aromatic rings. The summed E-state index contributed by atoms with van der Waals surface area (Å²) in [6.45, 7) is 8.45. The summed E-state index contributed by atoms with van der Waals surface area (Å²) in [5.74, 6) is 1.11. The summed E-state index contributed by atoms with van der Waals surface area (Å²) in [5, 5.41) is 3.76. The van der Waals surface area contributed by atoms with E-state index < -0.39 is 0 Å². The molecule has 1 saturated heterocycles. The number of hydrogen-bond donors (Lipinski definition) is 1. The number of pyridine rings is 1. The van der Waals surface area contributed by atoms with Gasteiger partial charge in [0.2, 0.25) is 0 Å². The highest BCUT2D eigenvalue weighted by Gasteiger charge is 2.31. The van der Waals surface area contributed by atoms with Gasteiger partial charge in [-0.05, 0) is 44.4 Å². The fraction of sp³-hybridized carbons (Fsp3) is 0.500. The van der Waals surface area contributed by atoms with Gasteiger partial charge in [0.25, 0.3) is 0 Å². The first-order valence-corrected chi connectivity index (χ1v) is 9.74. The van der Waals surface area contributed by atoms with Gasteiger partial charge in [-0.3, -0.25) is 9.88 Å². The largest absolute Gasteiger partial charge is 0.487 e. The number of fused-ring (bicyclic) bond motifs is 1. The lowest BCUT2D eigenvalue weighted by Crippen LogP contribution is -2.42. The third-order valence-corrected chi connectivity index (χ3v) is 5.45. The van der Waals surface area contributed by atoms with Crippen molar-refractivity contribution >= 4 is 0 Å². The second kappa shape index (κ2) is 7.37. The molecule has 2 aliphatic heterocycles. The van der Waals surface area contributed by atoms with Gasteiger partial charge in [-0.25, -0.2) is 0 Å². The summed E-state index contributed by atoms with van der Waals surface area (Å²) in [7, 11) is 0. The van der Waals surface area contributed by atoms with E-state index >= 15 is 0 Å². The molecule has 0 aliphatic carbocycles. The zero-order valence-corrected chi connectivity index (χ0v) is 15.9. The van der Waals surface area contributed by atoms with Crippen LogP contribution in [0, 0.1) is 0 Å². The number of benzene rings is 1. The first-order valence-electron chi connectivity index (χ1n) is 9.74. The zero-order valence-electron chi connectivity index (χ0n) is 15.9. The minimum atomic E-state index is -0.0742. The first-order chi connectivity index (χ1) is 12.6. The summed E-state index contributed by atoms with van der Waals surface area (Å²) in [5.41, 5.74) is 3.73. The molecule has 1 aromatic carbocycles. The Kier molecular flexibility index (Phi) is 4.96. The highest BCUT2D eigenvalue weighted by molar-refractivity contribution is 5.45. The zero-order chi connectivity index (χ0) is 18.0. The lowest BCUT2D eigenvalue weighted by Gasteiger charge is -2.32. The van der Waals surface area contributed by atoms with E-state index in [1.807, 2.05) is 12.3 Å². The molecule has 0 radical (unpaired) electrons. The highest BCUT2D eigenvalue weighted by Crippen LogP contribution is 2.37. The molecular weight excluding hydrogens is 322 g/mol. The van der Waals surface area contributed by atoms with E-state index in [-0.39, 0.29) is 5.60 Å². The van der Waals surface area contributed by atoms with Crippen LogP contribution in [0.3, 0.4) is 0 Å². The third-order valence-electron chi connectivity index (χ3n) is 5.45. The molecule has 0 bridgehead atoms. The molecule has 0 amide bonds. The van der Waals surface area contributed by atoms with Crippen molar-refractivity contribution in [3.63, 3.8) is 0 Å². The van der Waals surface area contributed by atoms with E-state index in [4.69, 9.17) is 4.74 Å². The van der Waals surface area contributed by atoms with Gasteiger partial charge >= 0.3 is 0 Å². The molecule has 1 N–H and O–H groups in total. The van der Waals surface area contributed by atoms with Crippen LogP contribution in [0.5, 0.6) is 5.75 Å². The van der Waals surface area contributed by atoms with Crippen LogP contribution >= 0.6 is 0 Å². The molecule has 0 saturated carbocycles. The Labute approximate surface area is 156 Å². The summed E-state index contributed by atoms with van der Waals surface area (Å²) in [6, 6.07) is 13.3. The molecule has 4 heteroatoms. The Balaban J connectivity index is 1.28. The van der Waals surface area contributed by atoms with Crippen LogP contribution < -0.4 is 10.1 Å². The van der Waals surface area contributed by atoms with Gasteiger partial charge in [-0.1, -0.05) is 24.3 Å². The van der Waals surface area contributed by atoms with Crippen molar-refractivity contribution in [2.45, 2.75) is 57.8 Å². The number of para-hydroxylation sites is 1. The third kappa shape index (κ3) is 4.08. The predicted molar refractivity (Wildman–Crippen MR) is 104 cm³/mol. The van der Waals surface area contributed by atoms with Crippen LogP contribution in [0.2, 0.25) is 0 Å². The molecule has 0 unspecified atom stereocenters. The number of likely N-dealkylation sites (tertiary alicyclic amines) is 1. The lowest BCUT2D eigenvalue weighted by molar-refractivity contribution is 0.136. The Morgan fingerprint density at radius 2 is 2.00 bits per heavy atom. The molecule has 0 atom stereocenters. The Morgan fingerprint density at radius 1 is 1.15 bits per heavy atom. The quantitative estimate of drug-likeness (QED) is 0.894. The maximum absolute atomic E-state index is 6.19. The topological polar surface area (TPSA) is 37.4 Å². The molecule has 3 heterocycles. The molecule has 4 rings (SSSR count). The minimum Gasteiger partial charge on any atom is -0.487 e. The van der Waals surface area contributed by atoms with E-state index in [1.54, 1.807) is 0 Å². The molecule has 26 heavy (non-hydrogen) atoms. The first kappa shape index (κ1) is 17.5. The van der Waals surface area contributed by atoms with Crippen LogP contribution in [0.1, 0.15) is 43.5 Å². The standard InChI is InChI=1S/C22H29N3O/c1-22(2)14-17-6-5-7-18(21(17)26-22)15-24-19-9-12-25(13-10-19)16-20-8-3-4-11-23-20/h3-8,11,19,24H,9-10,12-16H2,1-2H3. The van der Waals surface area contributed by atoms with Gasteiger partial charge in [0.15, 0.2) is 0 Å². The van der Waals surface area contributed by atoms with E-state index in [0.29, 0.717) is 6.04 Å². The fourth-order valence-corrected chi connectivity index (χ4v) is 4.09. The Morgan fingerprint density at radius 3 is 2.77 bits per heavy atom. The van der Waals surface area contributed by atoms with Gasteiger partial charge in [-0.15, -0.1) is 0 Å². The molecular formula is C22H29N3O. The summed E-state index contributed by atoms with van der Waals surface area (Å²) < 4.78 is 6.19. The van der Waals surface area contributed by atoms with Crippen molar-refractivity contribution in [2.75, 3.05) is 13.1 Å². The van der Waals surface area contributed by atoms with Crippen LogP contribution in [-0.2, 0) is 19.5 Å². The highest BCUT2D eigenvalue weighted by atomic mass is 16.5. The van der Waals surface area contributed by atoms with Crippen molar-refractivity contribution in [3.8, 4) is 5.75 Å². The second-order valence-electron chi connectivity index (χ2n) is 8.20. The number of nitrogens with one attached hydrogen (secondary N) is 1. The van der Waals surface area contributed by atoms with E-state index in [9.17, 15) is 0 Å². The average molecular weight is 351 g/mol. The summed E-state index contributed by atoms with van der Waals surface area (Å²) in [4.78, 5) is 6.95. The van der Waals surface area contributed by atoms with E-state index in [0.717, 1.165) is 38.3 Å². The smallest absolute Gasteiger partial charge is 0.127 e. The Hall–Kier alpha value is -1.91. The maximum atomic E-state index is 6.19. The summed E-state index contributed by atoms with van der Waals surface area (Å²) >= 11 is 0. The monoisotopic (exact) mass is 351 g/mol. The van der Waals surface area contributed by atoms with Gasteiger partial charge < -0.3 is 10.1 Å². The molecule has 2 aliphatic rings. The normalized spacial score (nSPS) is 19.9. The maximum Gasteiger partial charge on any atom is 0.127 e. The van der Waals surface area contributed by atoms with Crippen LogP contribution in [-0.4, -0.2) is 34.6 Å². The number of rotatable bonds is 5. The SMILES string of the molecule is CC1(C)Cc2cccc(CNC3CCN(Cc4ccccn4)CC3)c2O1. The predicted octanol–water partition coefficient (Wildman–Crippen LogP) is 3.55. The van der Waals surface area contributed by atoms with Crippen LogP contribution in [0.4, 0.5) is 0 Å². The number of aromatic nitrogens is 1. The molecule has 138 valence electrons. The Bertz CT molecular complexity index is 736. The minimum absolute atomic E-state index is 0.0742. The van der Waals surface area contributed by atoms with Crippen molar-refractivity contribution in [1.82, 2.24) is 15.2 Å². The van der Waals surface area contributed by atoms with Gasteiger partial charge in [0.1, 0.15) is 11.4 Å². The number of piperidine rings is 1. The number of hydrogen-bond acceptors (Lipinski definition) is 4. The van der Waals surface area contributed by atoms with E-state index in [2.05, 4.69) is 59.4 Å². The molecule has 1 fully saturated rings. The van der Waals surface area contributed by atoms with Crippen LogP contribution in [0.15, 0.2) is 42.6 Å². The molecule has 0 spiro atoms. The molecule has 1 aromatic heterocycles. The van der Waals surface area contributed by atoms with Gasteiger partial charge in [0.05, 0.1) is 5.69 Å². The molecule has 4 nitrogen and oxygen atoms in total. The van der Waals surface area contributed by atoms with Crippen molar-refractivity contribution in [1.29, 1.82) is 0 Å². The van der Waals surface area contributed by atoms with Crippen molar-refractivity contribution in [2.24, 2.45) is 0 Å². The van der Waals surface area contributed by atoms with Crippen molar-refractivity contribution < 1.29 is 4.74 Å².